The van der Waals surface area contributed by atoms with Crippen LogP contribution in [0.1, 0.15) is 18.2 Å². The Morgan fingerprint density at radius 2 is 1.91 bits per heavy atom. The summed E-state index contributed by atoms with van der Waals surface area (Å²) < 4.78 is 5.79. The summed E-state index contributed by atoms with van der Waals surface area (Å²) in [5, 5.41) is 4.69. The van der Waals surface area contributed by atoms with Crippen molar-refractivity contribution in [1.82, 2.24) is 5.32 Å². The lowest BCUT2D eigenvalue weighted by Gasteiger charge is -2.13. The second kappa shape index (κ2) is 6.88. The second-order valence-electron chi connectivity index (χ2n) is 5.69. The molecular weight excluding hydrogens is 310 g/mol. The highest BCUT2D eigenvalue weighted by atomic mass is 35.5. The van der Waals surface area contributed by atoms with Crippen LogP contribution < -0.4 is 5.32 Å². The zero-order chi connectivity index (χ0) is 16.2. The quantitative estimate of drug-likeness (QED) is 0.755. The van der Waals surface area contributed by atoms with Gasteiger partial charge < -0.3 is 9.73 Å². The summed E-state index contributed by atoms with van der Waals surface area (Å²) in [6, 6.07) is 17.3. The third-order valence-corrected chi connectivity index (χ3v) is 4.07. The van der Waals surface area contributed by atoms with E-state index in [4.69, 9.17) is 16.0 Å². The predicted octanol–water partition coefficient (Wildman–Crippen LogP) is 4.38. The van der Waals surface area contributed by atoms with Gasteiger partial charge in [0.25, 0.3) is 0 Å². The van der Waals surface area contributed by atoms with E-state index in [1.165, 1.54) is 0 Å². The van der Waals surface area contributed by atoms with Gasteiger partial charge in [-0.05, 0) is 30.7 Å². The van der Waals surface area contributed by atoms with Crippen LogP contribution in [0.5, 0.6) is 0 Å². The van der Waals surface area contributed by atoms with Gasteiger partial charge in [-0.3, -0.25) is 4.79 Å². The Hall–Kier alpha value is -2.26. The van der Waals surface area contributed by atoms with Gasteiger partial charge in [0.05, 0.1) is 6.42 Å². The number of benzene rings is 2. The van der Waals surface area contributed by atoms with Gasteiger partial charge in [-0.2, -0.15) is 0 Å². The number of carbonyl (C=O) groups excluding carboxylic acids is 1. The zero-order valence-corrected chi connectivity index (χ0v) is 13.6. The molecule has 0 aliphatic carbocycles. The van der Waals surface area contributed by atoms with E-state index in [1.54, 1.807) is 6.07 Å². The first-order valence-corrected chi connectivity index (χ1v) is 8.00. The largest absolute Gasteiger partial charge is 0.461 e. The molecule has 1 heterocycles. The molecule has 0 saturated heterocycles. The van der Waals surface area contributed by atoms with Crippen LogP contribution in [0, 0.1) is 0 Å². The van der Waals surface area contributed by atoms with E-state index >= 15 is 0 Å². The van der Waals surface area contributed by atoms with Crippen LogP contribution in [0.3, 0.4) is 0 Å². The summed E-state index contributed by atoms with van der Waals surface area (Å²) in [6.45, 7) is 1.97. The van der Waals surface area contributed by atoms with Crippen molar-refractivity contribution >= 4 is 28.5 Å². The van der Waals surface area contributed by atoms with Crippen molar-refractivity contribution in [3.05, 3.63) is 70.9 Å². The average molecular weight is 328 g/mol. The van der Waals surface area contributed by atoms with Crippen LogP contribution in [0.15, 0.2) is 59.0 Å². The van der Waals surface area contributed by atoms with E-state index < -0.39 is 0 Å². The highest BCUT2D eigenvalue weighted by Crippen LogP contribution is 2.20. The molecule has 1 N–H and O–H groups in total. The molecule has 1 amide bonds. The molecular formula is C19H18ClNO2. The molecule has 0 spiro atoms. The van der Waals surface area contributed by atoms with E-state index in [0.717, 1.165) is 22.3 Å². The topological polar surface area (TPSA) is 42.2 Å². The number of furan rings is 1. The first kappa shape index (κ1) is 15.6. The molecule has 3 aromatic rings. The third-order valence-electron chi connectivity index (χ3n) is 3.70. The molecule has 0 saturated carbocycles. The number of halogens is 1. The van der Waals surface area contributed by atoms with Gasteiger partial charge in [-0.15, -0.1) is 0 Å². The minimum Gasteiger partial charge on any atom is -0.461 e. The Balaban J connectivity index is 1.59. The second-order valence-corrected chi connectivity index (χ2v) is 6.10. The molecule has 0 fully saturated rings. The Bertz CT molecular complexity index is 792. The summed E-state index contributed by atoms with van der Waals surface area (Å²) in [5.74, 6) is 0.832. The number of hydrogen-bond acceptors (Lipinski definition) is 2. The van der Waals surface area contributed by atoms with Crippen molar-refractivity contribution in [3.8, 4) is 0 Å². The van der Waals surface area contributed by atoms with Gasteiger partial charge in [-0.25, -0.2) is 0 Å². The molecule has 0 aliphatic rings. The van der Waals surface area contributed by atoms with Gasteiger partial charge in [0.15, 0.2) is 0 Å². The summed E-state index contributed by atoms with van der Waals surface area (Å²) in [6.07, 6.45) is 0.938. The van der Waals surface area contributed by atoms with E-state index in [9.17, 15) is 4.79 Å². The van der Waals surface area contributed by atoms with Crippen molar-refractivity contribution in [2.45, 2.75) is 25.8 Å². The van der Waals surface area contributed by atoms with Crippen LogP contribution >= 0.6 is 11.6 Å². The van der Waals surface area contributed by atoms with E-state index in [-0.39, 0.29) is 18.4 Å². The van der Waals surface area contributed by atoms with Crippen molar-refractivity contribution in [2.24, 2.45) is 0 Å². The maximum absolute atomic E-state index is 12.1. The summed E-state index contributed by atoms with van der Waals surface area (Å²) in [4.78, 5) is 12.1. The fraction of sp³-hybridized carbons (Fsp3) is 0.211. The van der Waals surface area contributed by atoms with Crippen LogP contribution in [0.2, 0.25) is 5.02 Å². The summed E-state index contributed by atoms with van der Waals surface area (Å²) in [7, 11) is 0. The maximum atomic E-state index is 12.1. The Labute approximate surface area is 140 Å². The van der Waals surface area contributed by atoms with Crippen molar-refractivity contribution in [3.63, 3.8) is 0 Å². The molecule has 2 aromatic carbocycles. The van der Waals surface area contributed by atoms with Gasteiger partial charge in [0.2, 0.25) is 5.91 Å². The monoisotopic (exact) mass is 327 g/mol. The first-order valence-electron chi connectivity index (χ1n) is 7.62. The zero-order valence-electron chi connectivity index (χ0n) is 12.9. The number of para-hydroxylation sites is 1. The van der Waals surface area contributed by atoms with Gasteiger partial charge >= 0.3 is 0 Å². The Morgan fingerprint density at radius 1 is 1.17 bits per heavy atom. The summed E-state index contributed by atoms with van der Waals surface area (Å²) in [5.41, 5.74) is 1.71. The van der Waals surface area contributed by atoms with E-state index in [0.29, 0.717) is 11.4 Å². The fourth-order valence-corrected chi connectivity index (χ4v) is 2.83. The van der Waals surface area contributed by atoms with Crippen LogP contribution in [0.4, 0.5) is 0 Å². The number of rotatable bonds is 5. The molecule has 3 rings (SSSR count). The lowest BCUT2D eigenvalue weighted by Crippen LogP contribution is -2.35. The molecule has 0 aliphatic heterocycles. The first-order chi connectivity index (χ1) is 11.1. The van der Waals surface area contributed by atoms with Gasteiger partial charge in [0.1, 0.15) is 11.3 Å². The lowest BCUT2D eigenvalue weighted by molar-refractivity contribution is -0.121. The Kier molecular flexibility index (Phi) is 4.68. The number of carbonyl (C=O) groups is 1. The fourth-order valence-electron chi connectivity index (χ4n) is 2.63. The highest BCUT2D eigenvalue weighted by Gasteiger charge is 2.12. The summed E-state index contributed by atoms with van der Waals surface area (Å²) >= 11 is 6.08. The maximum Gasteiger partial charge on any atom is 0.224 e. The molecule has 3 nitrogen and oxygen atoms in total. The molecule has 118 valence electrons. The van der Waals surface area contributed by atoms with Crippen LogP contribution in [0.25, 0.3) is 11.0 Å². The van der Waals surface area contributed by atoms with E-state index in [1.807, 2.05) is 55.5 Å². The molecule has 1 atom stereocenters. The molecule has 1 aromatic heterocycles. The number of hydrogen-bond donors (Lipinski definition) is 1. The predicted molar refractivity (Wildman–Crippen MR) is 92.7 cm³/mol. The molecule has 1 unspecified atom stereocenters. The molecule has 0 bridgehead atoms. The average Bonchev–Trinajstić information content (AvgIpc) is 2.91. The molecule has 4 heteroatoms. The number of amides is 1. The van der Waals surface area contributed by atoms with E-state index in [2.05, 4.69) is 5.32 Å². The Morgan fingerprint density at radius 3 is 2.70 bits per heavy atom. The number of fused-ring (bicyclic) bond motifs is 1. The smallest absolute Gasteiger partial charge is 0.224 e. The van der Waals surface area contributed by atoms with Gasteiger partial charge in [-0.1, -0.05) is 48.0 Å². The minimum atomic E-state index is -0.0401. The van der Waals surface area contributed by atoms with Crippen molar-refractivity contribution < 1.29 is 9.21 Å². The lowest BCUT2D eigenvalue weighted by atomic mass is 10.1. The molecule has 23 heavy (non-hydrogen) atoms. The SMILES string of the molecule is CC(Cc1cc2ccccc2o1)NC(=O)Cc1ccccc1Cl. The van der Waals surface area contributed by atoms with Crippen molar-refractivity contribution in [1.29, 1.82) is 0 Å². The normalized spacial score (nSPS) is 12.3. The standard InChI is InChI=1S/C19H18ClNO2/c1-13(10-16-11-15-7-3-5-9-18(15)23-16)21-19(22)12-14-6-2-4-8-17(14)20/h2-9,11,13H,10,12H2,1H3,(H,21,22). The minimum absolute atomic E-state index is 0.00875. The number of nitrogens with one attached hydrogen (secondary N) is 1. The van der Waals surface area contributed by atoms with Crippen molar-refractivity contribution in [2.75, 3.05) is 0 Å². The molecule has 0 radical (unpaired) electrons. The van der Waals surface area contributed by atoms with Gasteiger partial charge in [0, 0.05) is 22.9 Å². The third kappa shape index (κ3) is 3.93. The highest BCUT2D eigenvalue weighted by molar-refractivity contribution is 6.31. The van der Waals surface area contributed by atoms with Crippen LogP contribution in [-0.4, -0.2) is 11.9 Å². The van der Waals surface area contributed by atoms with Crippen LogP contribution in [-0.2, 0) is 17.6 Å².